The fraction of sp³-hybridized carbons (Fsp3) is 0.231. The molecule has 0 unspecified atom stereocenters. The number of hydrogen-bond donors (Lipinski definition) is 0. The van der Waals surface area contributed by atoms with Gasteiger partial charge in [0.05, 0.1) is 0 Å². The van der Waals surface area contributed by atoms with E-state index in [9.17, 15) is 0 Å². The Labute approximate surface area is 135 Å². The van der Waals surface area contributed by atoms with Crippen LogP contribution in [0.4, 0.5) is 0 Å². The fourth-order valence-corrected chi connectivity index (χ4v) is 2.39. The standard InChI is InChI=1S/C13H11Cl2N5S/c1-7-3-5-8(6-4-7)11-16-10(9(14)15)17-12-18-13(21-2)19-20(11)12/h3-6,9H,1-2H3. The molecule has 0 aliphatic carbocycles. The van der Waals surface area contributed by atoms with Gasteiger partial charge in [-0.1, -0.05) is 64.8 Å². The summed E-state index contributed by atoms with van der Waals surface area (Å²) in [7, 11) is 0. The minimum atomic E-state index is -0.811. The van der Waals surface area contributed by atoms with E-state index in [4.69, 9.17) is 23.2 Å². The first-order valence-electron chi connectivity index (χ1n) is 6.12. The zero-order valence-electron chi connectivity index (χ0n) is 11.3. The summed E-state index contributed by atoms with van der Waals surface area (Å²) in [5, 5.41) is 5.01. The van der Waals surface area contributed by atoms with Crippen LogP contribution < -0.4 is 0 Å². The van der Waals surface area contributed by atoms with Crippen LogP contribution in [0.1, 0.15) is 16.2 Å². The van der Waals surface area contributed by atoms with Crippen LogP contribution in [-0.2, 0) is 0 Å². The zero-order valence-corrected chi connectivity index (χ0v) is 13.6. The van der Waals surface area contributed by atoms with Gasteiger partial charge in [0.2, 0.25) is 5.16 Å². The zero-order chi connectivity index (χ0) is 15.0. The molecule has 0 amide bonds. The van der Waals surface area contributed by atoms with Gasteiger partial charge >= 0.3 is 0 Å². The van der Waals surface area contributed by atoms with Crippen LogP contribution in [0.2, 0.25) is 0 Å². The van der Waals surface area contributed by atoms with E-state index in [1.54, 1.807) is 4.52 Å². The number of nitrogens with zero attached hydrogens (tertiary/aromatic N) is 5. The maximum absolute atomic E-state index is 5.91. The average Bonchev–Trinajstić information content (AvgIpc) is 2.90. The van der Waals surface area contributed by atoms with Crippen molar-refractivity contribution < 1.29 is 0 Å². The van der Waals surface area contributed by atoms with Gasteiger partial charge in [-0.3, -0.25) is 0 Å². The topological polar surface area (TPSA) is 56.0 Å². The molecule has 3 rings (SSSR count). The number of aryl methyl sites for hydroxylation is 1. The molecule has 8 heteroatoms. The van der Waals surface area contributed by atoms with Crippen molar-refractivity contribution in [3.05, 3.63) is 35.7 Å². The van der Waals surface area contributed by atoms with Gasteiger partial charge in [0, 0.05) is 5.56 Å². The highest BCUT2D eigenvalue weighted by Gasteiger charge is 2.17. The summed E-state index contributed by atoms with van der Waals surface area (Å²) in [4.78, 5) is 12.2. The second kappa shape index (κ2) is 5.79. The molecule has 5 nitrogen and oxygen atoms in total. The number of aromatic nitrogens is 5. The molecule has 0 aliphatic heterocycles. The maximum Gasteiger partial charge on any atom is 0.257 e. The molecule has 0 fully saturated rings. The number of hydrogen-bond acceptors (Lipinski definition) is 5. The molecule has 0 bridgehead atoms. The molecule has 2 heterocycles. The first-order valence-corrected chi connectivity index (χ1v) is 8.22. The number of alkyl halides is 2. The molecule has 1 aromatic carbocycles. The summed E-state index contributed by atoms with van der Waals surface area (Å²) in [5.74, 6) is 1.38. The molecule has 0 saturated carbocycles. The predicted molar refractivity (Wildman–Crippen MR) is 85.0 cm³/mol. The van der Waals surface area contributed by atoms with Crippen molar-refractivity contribution >= 4 is 40.7 Å². The van der Waals surface area contributed by atoms with Crippen molar-refractivity contribution in [3.63, 3.8) is 0 Å². The van der Waals surface area contributed by atoms with Crippen molar-refractivity contribution in [2.75, 3.05) is 6.26 Å². The third kappa shape index (κ3) is 2.84. The second-order valence-electron chi connectivity index (χ2n) is 4.38. The van der Waals surface area contributed by atoms with E-state index in [1.165, 1.54) is 17.3 Å². The van der Waals surface area contributed by atoms with Gasteiger partial charge in [0.25, 0.3) is 5.78 Å². The van der Waals surface area contributed by atoms with Crippen LogP contribution in [0.25, 0.3) is 17.2 Å². The van der Waals surface area contributed by atoms with E-state index < -0.39 is 4.84 Å². The minimum absolute atomic E-state index is 0.321. The van der Waals surface area contributed by atoms with Crippen LogP contribution in [0, 0.1) is 6.92 Å². The molecule has 0 N–H and O–H groups in total. The van der Waals surface area contributed by atoms with Gasteiger partial charge in [-0.2, -0.15) is 14.5 Å². The molecule has 0 aliphatic rings. The Morgan fingerprint density at radius 2 is 1.81 bits per heavy atom. The van der Waals surface area contributed by atoms with Crippen molar-refractivity contribution in [2.24, 2.45) is 0 Å². The summed E-state index contributed by atoms with van der Waals surface area (Å²) in [6.45, 7) is 2.03. The Morgan fingerprint density at radius 1 is 1.10 bits per heavy atom. The third-order valence-electron chi connectivity index (χ3n) is 2.89. The highest BCUT2D eigenvalue weighted by molar-refractivity contribution is 7.98. The van der Waals surface area contributed by atoms with Crippen LogP contribution in [0.5, 0.6) is 0 Å². The lowest BCUT2D eigenvalue weighted by atomic mass is 10.1. The van der Waals surface area contributed by atoms with Gasteiger partial charge < -0.3 is 0 Å². The summed E-state index contributed by atoms with van der Waals surface area (Å²) in [5.41, 5.74) is 2.07. The minimum Gasteiger partial charge on any atom is -0.210 e. The number of halogens is 2. The van der Waals surface area contributed by atoms with Crippen LogP contribution in [0.15, 0.2) is 29.4 Å². The molecule has 21 heavy (non-hydrogen) atoms. The summed E-state index contributed by atoms with van der Waals surface area (Å²) >= 11 is 13.3. The monoisotopic (exact) mass is 339 g/mol. The first kappa shape index (κ1) is 14.6. The predicted octanol–water partition coefficient (Wildman–Crippen LogP) is 3.69. The second-order valence-corrected chi connectivity index (χ2v) is 6.25. The number of fused-ring (bicyclic) bond motifs is 1. The Hall–Kier alpha value is -1.37. The highest BCUT2D eigenvalue weighted by atomic mass is 35.5. The smallest absolute Gasteiger partial charge is 0.210 e. The van der Waals surface area contributed by atoms with E-state index in [2.05, 4.69) is 20.1 Å². The Morgan fingerprint density at radius 3 is 2.43 bits per heavy atom. The molecule has 2 aromatic heterocycles. The van der Waals surface area contributed by atoms with Gasteiger partial charge in [0.1, 0.15) is 0 Å². The average molecular weight is 340 g/mol. The SMILES string of the molecule is CSc1nc2nc(C(Cl)Cl)nc(-c3ccc(C)cc3)n2n1. The summed E-state index contributed by atoms with van der Waals surface area (Å²) in [6.07, 6.45) is 1.90. The van der Waals surface area contributed by atoms with E-state index in [-0.39, 0.29) is 0 Å². The molecular formula is C13H11Cl2N5S. The number of thioether (sulfide) groups is 1. The van der Waals surface area contributed by atoms with Gasteiger partial charge in [-0.05, 0) is 13.2 Å². The first-order chi connectivity index (χ1) is 10.1. The van der Waals surface area contributed by atoms with Gasteiger partial charge in [-0.15, -0.1) is 5.10 Å². The van der Waals surface area contributed by atoms with Crippen LogP contribution >= 0.6 is 35.0 Å². The molecule has 0 saturated heterocycles. The van der Waals surface area contributed by atoms with Gasteiger partial charge in [0.15, 0.2) is 16.5 Å². The highest BCUT2D eigenvalue weighted by Crippen LogP contribution is 2.26. The molecular weight excluding hydrogens is 329 g/mol. The van der Waals surface area contributed by atoms with E-state index in [0.717, 1.165) is 5.56 Å². The largest absolute Gasteiger partial charge is 0.257 e. The number of benzene rings is 1. The fourth-order valence-electron chi connectivity index (χ4n) is 1.86. The van der Waals surface area contributed by atoms with Crippen molar-refractivity contribution in [1.29, 1.82) is 0 Å². The lowest BCUT2D eigenvalue weighted by molar-refractivity contribution is 0.842. The van der Waals surface area contributed by atoms with Crippen molar-refractivity contribution in [3.8, 4) is 11.4 Å². The van der Waals surface area contributed by atoms with Crippen molar-refractivity contribution in [1.82, 2.24) is 24.6 Å². The normalized spacial score (nSPS) is 11.5. The van der Waals surface area contributed by atoms with Crippen LogP contribution in [0.3, 0.4) is 0 Å². The van der Waals surface area contributed by atoms with Crippen LogP contribution in [-0.4, -0.2) is 30.8 Å². The van der Waals surface area contributed by atoms with Crippen molar-refractivity contribution in [2.45, 2.75) is 16.9 Å². The van der Waals surface area contributed by atoms with E-state index >= 15 is 0 Å². The summed E-state index contributed by atoms with van der Waals surface area (Å²) in [6, 6.07) is 7.96. The Kier molecular flexibility index (Phi) is 4.01. The third-order valence-corrected chi connectivity index (χ3v) is 3.82. The molecule has 0 atom stereocenters. The molecule has 0 radical (unpaired) electrons. The lowest BCUT2D eigenvalue weighted by Crippen LogP contribution is -2.05. The molecule has 108 valence electrons. The quantitative estimate of drug-likeness (QED) is 0.538. The molecule has 3 aromatic rings. The number of rotatable bonds is 3. The maximum atomic E-state index is 5.91. The van der Waals surface area contributed by atoms with E-state index in [1.807, 2.05) is 37.4 Å². The summed E-state index contributed by atoms with van der Waals surface area (Å²) < 4.78 is 1.61. The lowest BCUT2D eigenvalue weighted by Gasteiger charge is -2.06. The molecule has 0 spiro atoms. The van der Waals surface area contributed by atoms with Gasteiger partial charge in [-0.25, -0.2) is 4.98 Å². The Bertz CT molecular complexity index is 785. The Balaban J connectivity index is 2.27. The van der Waals surface area contributed by atoms with E-state index in [0.29, 0.717) is 22.6 Å².